The Kier molecular flexibility index (Phi) is 5.92. The molecule has 1 atom stereocenters. The molecule has 1 aromatic rings. The normalized spacial score (nSPS) is 19.2. The molecule has 1 aromatic carbocycles. The zero-order valence-electron chi connectivity index (χ0n) is 12.4. The first-order valence-electron chi connectivity index (χ1n) is 7.21. The number of likely N-dealkylation sites (tertiary alicyclic amines) is 1. The van der Waals surface area contributed by atoms with E-state index in [1.54, 1.807) is 11.8 Å². The summed E-state index contributed by atoms with van der Waals surface area (Å²) >= 11 is 1.57. The van der Waals surface area contributed by atoms with Crippen molar-refractivity contribution < 1.29 is 4.79 Å². The Morgan fingerprint density at radius 1 is 1.45 bits per heavy atom. The molecular weight excluding hydrogens is 268 g/mol. The SMILES string of the molecule is CSCC(=O)NC[C@@H]1CCN(Cc2ccccc2C)C1. The van der Waals surface area contributed by atoms with Crippen LogP contribution in [-0.4, -0.2) is 42.4 Å². The number of rotatable bonds is 6. The second-order valence-corrected chi connectivity index (χ2v) is 6.42. The molecule has 4 heteroatoms. The van der Waals surface area contributed by atoms with Gasteiger partial charge < -0.3 is 5.32 Å². The standard InChI is InChI=1S/C16H24N2OS/c1-13-5-3-4-6-15(13)11-18-8-7-14(10-18)9-17-16(19)12-20-2/h3-6,14H,7-12H2,1-2H3,(H,17,19)/t14-/m0/s1. The second-order valence-electron chi connectivity index (χ2n) is 5.55. The van der Waals surface area contributed by atoms with Crippen LogP contribution in [-0.2, 0) is 11.3 Å². The maximum Gasteiger partial charge on any atom is 0.229 e. The van der Waals surface area contributed by atoms with Gasteiger partial charge in [0.05, 0.1) is 5.75 Å². The molecule has 110 valence electrons. The van der Waals surface area contributed by atoms with Crippen LogP contribution >= 0.6 is 11.8 Å². The number of hydrogen-bond donors (Lipinski definition) is 1. The van der Waals surface area contributed by atoms with Gasteiger partial charge in [0.25, 0.3) is 0 Å². The highest BCUT2D eigenvalue weighted by Crippen LogP contribution is 2.19. The van der Waals surface area contributed by atoms with E-state index in [4.69, 9.17) is 0 Å². The maximum absolute atomic E-state index is 11.5. The second kappa shape index (κ2) is 7.70. The van der Waals surface area contributed by atoms with Crippen LogP contribution in [0.5, 0.6) is 0 Å². The summed E-state index contributed by atoms with van der Waals surface area (Å²) in [4.78, 5) is 14.0. The van der Waals surface area contributed by atoms with Crippen LogP contribution in [0.1, 0.15) is 17.5 Å². The van der Waals surface area contributed by atoms with E-state index >= 15 is 0 Å². The van der Waals surface area contributed by atoms with Crippen LogP contribution in [0.3, 0.4) is 0 Å². The first kappa shape index (κ1) is 15.4. The van der Waals surface area contributed by atoms with Crippen LogP contribution in [0, 0.1) is 12.8 Å². The molecule has 1 amide bonds. The molecule has 0 aliphatic carbocycles. The summed E-state index contributed by atoms with van der Waals surface area (Å²) in [6, 6.07) is 8.58. The summed E-state index contributed by atoms with van der Waals surface area (Å²) in [5, 5.41) is 3.03. The molecule has 1 aliphatic heterocycles. The summed E-state index contributed by atoms with van der Waals surface area (Å²) in [6.45, 7) is 6.25. The first-order valence-corrected chi connectivity index (χ1v) is 8.61. The van der Waals surface area contributed by atoms with Crippen molar-refractivity contribution in [2.45, 2.75) is 19.9 Å². The van der Waals surface area contributed by atoms with Gasteiger partial charge >= 0.3 is 0 Å². The van der Waals surface area contributed by atoms with Crippen LogP contribution in [0.15, 0.2) is 24.3 Å². The molecular formula is C16H24N2OS. The van der Waals surface area contributed by atoms with E-state index < -0.39 is 0 Å². The van der Waals surface area contributed by atoms with Crippen LogP contribution < -0.4 is 5.32 Å². The predicted molar refractivity (Wildman–Crippen MR) is 86.0 cm³/mol. The lowest BCUT2D eigenvalue weighted by molar-refractivity contribution is -0.118. The molecule has 0 unspecified atom stereocenters. The van der Waals surface area contributed by atoms with Crippen molar-refractivity contribution in [2.24, 2.45) is 5.92 Å². The number of hydrogen-bond acceptors (Lipinski definition) is 3. The molecule has 0 bridgehead atoms. The average molecular weight is 292 g/mol. The molecule has 1 fully saturated rings. The number of benzene rings is 1. The van der Waals surface area contributed by atoms with Gasteiger partial charge in [-0.15, -0.1) is 0 Å². The number of carbonyl (C=O) groups is 1. The molecule has 1 aliphatic rings. The number of nitrogens with zero attached hydrogens (tertiary/aromatic N) is 1. The first-order chi connectivity index (χ1) is 9.69. The molecule has 20 heavy (non-hydrogen) atoms. The molecule has 0 saturated carbocycles. The highest BCUT2D eigenvalue weighted by atomic mass is 32.2. The Hall–Kier alpha value is -1.00. The number of carbonyl (C=O) groups excluding carboxylic acids is 1. The lowest BCUT2D eigenvalue weighted by Crippen LogP contribution is -2.32. The highest BCUT2D eigenvalue weighted by molar-refractivity contribution is 7.99. The van der Waals surface area contributed by atoms with Crippen molar-refractivity contribution in [1.29, 1.82) is 0 Å². The average Bonchev–Trinajstić information content (AvgIpc) is 2.87. The van der Waals surface area contributed by atoms with E-state index in [0.717, 1.165) is 26.2 Å². The van der Waals surface area contributed by atoms with E-state index in [1.807, 2.05) is 6.26 Å². The van der Waals surface area contributed by atoms with Gasteiger partial charge in [-0.1, -0.05) is 24.3 Å². The molecule has 2 rings (SSSR count). The topological polar surface area (TPSA) is 32.3 Å². The van der Waals surface area contributed by atoms with Crippen molar-refractivity contribution >= 4 is 17.7 Å². The quantitative estimate of drug-likeness (QED) is 0.873. The lowest BCUT2D eigenvalue weighted by atomic mass is 10.1. The fourth-order valence-electron chi connectivity index (χ4n) is 2.69. The number of thioether (sulfide) groups is 1. The molecule has 1 heterocycles. The van der Waals surface area contributed by atoms with Crippen molar-refractivity contribution in [3.8, 4) is 0 Å². The van der Waals surface area contributed by atoms with Crippen LogP contribution in [0.2, 0.25) is 0 Å². The third-order valence-corrected chi connectivity index (χ3v) is 4.44. The number of aryl methyl sites for hydroxylation is 1. The van der Waals surface area contributed by atoms with Gasteiger partial charge in [-0.25, -0.2) is 0 Å². The number of amides is 1. The third kappa shape index (κ3) is 4.53. The summed E-state index contributed by atoms with van der Waals surface area (Å²) in [5.74, 6) is 1.33. The van der Waals surface area contributed by atoms with Crippen LogP contribution in [0.25, 0.3) is 0 Å². The van der Waals surface area contributed by atoms with Gasteiger partial charge in [-0.05, 0) is 43.2 Å². The summed E-state index contributed by atoms with van der Waals surface area (Å²) < 4.78 is 0. The fourth-order valence-corrected chi connectivity index (χ4v) is 3.06. The van der Waals surface area contributed by atoms with E-state index in [1.165, 1.54) is 17.5 Å². The largest absolute Gasteiger partial charge is 0.355 e. The lowest BCUT2D eigenvalue weighted by Gasteiger charge is -2.17. The number of nitrogens with one attached hydrogen (secondary N) is 1. The maximum atomic E-state index is 11.5. The smallest absolute Gasteiger partial charge is 0.229 e. The summed E-state index contributed by atoms with van der Waals surface area (Å²) in [7, 11) is 0. The molecule has 3 nitrogen and oxygen atoms in total. The summed E-state index contributed by atoms with van der Waals surface area (Å²) in [6.07, 6.45) is 3.14. The molecule has 0 radical (unpaired) electrons. The van der Waals surface area contributed by atoms with E-state index in [9.17, 15) is 4.79 Å². The zero-order chi connectivity index (χ0) is 14.4. The van der Waals surface area contributed by atoms with Crippen molar-refractivity contribution in [3.63, 3.8) is 0 Å². The van der Waals surface area contributed by atoms with E-state index in [0.29, 0.717) is 11.7 Å². The van der Waals surface area contributed by atoms with E-state index in [-0.39, 0.29) is 5.91 Å². The van der Waals surface area contributed by atoms with Crippen LogP contribution in [0.4, 0.5) is 0 Å². The van der Waals surface area contributed by atoms with Crippen molar-refractivity contribution in [1.82, 2.24) is 10.2 Å². The Morgan fingerprint density at radius 3 is 3.00 bits per heavy atom. The van der Waals surface area contributed by atoms with Crippen molar-refractivity contribution in [3.05, 3.63) is 35.4 Å². The molecule has 1 saturated heterocycles. The Bertz CT molecular complexity index is 450. The Balaban J connectivity index is 1.75. The zero-order valence-corrected chi connectivity index (χ0v) is 13.2. The minimum absolute atomic E-state index is 0.162. The minimum atomic E-state index is 0.162. The molecule has 0 spiro atoms. The highest BCUT2D eigenvalue weighted by Gasteiger charge is 2.22. The predicted octanol–water partition coefficient (Wildman–Crippen LogP) is 2.30. The summed E-state index contributed by atoms with van der Waals surface area (Å²) in [5.41, 5.74) is 2.78. The Morgan fingerprint density at radius 2 is 2.25 bits per heavy atom. The Labute approximate surface area is 126 Å². The van der Waals surface area contributed by atoms with E-state index in [2.05, 4.69) is 41.4 Å². The van der Waals surface area contributed by atoms with Gasteiger partial charge in [-0.3, -0.25) is 9.69 Å². The minimum Gasteiger partial charge on any atom is -0.355 e. The van der Waals surface area contributed by atoms with Gasteiger partial charge in [0.15, 0.2) is 0 Å². The van der Waals surface area contributed by atoms with Gasteiger partial charge in [-0.2, -0.15) is 11.8 Å². The third-order valence-electron chi connectivity index (χ3n) is 3.89. The fraction of sp³-hybridized carbons (Fsp3) is 0.562. The van der Waals surface area contributed by atoms with Gasteiger partial charge in [0.2, 0.25) is 5.91 Å². The molecule has 1 N–H and O–H groups in total. The van der Waals surface area contributed by atoms with Gasteiger partial charge in [0, 0.05) is 19.6 Å². The monoisotopic (exact) mass is 292 g/mol. The van der Waals surface area contributed by atoms with Crippen molar-refractivity contribution in [2.75, 3.05) is 31.6 Å². The van der Waals surface area contributed by atoms with Gasteiger partial charge in [0.1, 0.15) is 0 Å². The molecule has 0 aromatic heterocycles.